The highest BCUT2D eigenvalue weighted by atomic mass is 35.5. The normalized spacial score (nSPS) is 26.6. The average molecular weight is 483 g/mol. The molecule has 8 heteroatoms. The number of nitrogens with zero attached hydrogens (tertiary/aromatic N) is 4. The summed E-state index contributed by atoms with van der Waals surface area (Å²) >= 11 is 8.06. The van der Waals surface area contributed by atoms with Crippen molar-refractivity contribution < 1.29 is 9.57 Å². The molecule has 0 N–H and O–H groups in total. The van der Waals surface area contributed by atoms with Gasteiger partial charge in [-0.3, -0.25) is 0 Å². The van der Waals surface area contributed by atoms with Crippen molar-refractivity contribution in [1.82, 2.24) is 14.5 Å². The zero-order chi connectivity index (χ0) is 22.6. The summed E-state index contributed by atoms with van der Waals surface area (Å²) in [5.41, 5.74) is 4.68. The van der Waals surface area contributed by atoms with E-state index in [1.54, 1.807) is 18.9 Å². The molecule has 1 spiro atoms. The molecule has 0 amide bonds. The van der Waals surface area contributed by atoms with E-state index in [1.807, 2.05) is 24.0 Å². The van der Waals surface area contributed by atoms with E-state index in [4.69, 9.17) is 21.2 Å². The predicted molar refractivity (Wildman–Crippen MR) is 133 cm³/mol. The fraction of sp³-hybridized carbons (Fsp3) is 0.440. The van der Waals surface area contributed by atoms with E-state index in [1.165, 1.54) is 18.4 Å². The van der Waals surface area contributed by atoms with Crippen molar-refractivity contribution in [3.8, 4) is 11.4 Å². The van der Waals surface area contributed by atoms with E-state index < -0.39 is 0 Å². The smallest absolute Gasteiger partial charge is 0.171 e. The number of methoxy groups -OCH3 is 1. The number of benzene rings is 1. The topological polar surface area (TPSA) is 51.9 Å². The van der Waals surface area contributed by atoms with Gasteiger partial charge in [-0.25, -0.2) is 4.98 Å². The molecule has 2 atom stereocenters. The van der Waals surface area contributed by atoms with Gasteiger partial charge in [-0.1, -0.05) is 28.9 Å². The number of aromatic nitrogens is 2. The molecular weight excluding hydrogens is 456 g/mol. The summed E-state index contributed by atoms with van der Waals surface area (Å²) in [6.45, 7) is 3.67. The Hall–Kier alpha value is -2.38. The summed E-state index contributed by atoms with van der Waals surface area (Å²) in [6.07, 6.45) is 12.8. The lowest BCUT2D eigenvalue weighted by Crippen LogP contribution is -2.55. The van der Waals surface area contributed by atoms with Gasteiger partial charge in [0, 0.05) is 18.0 Å². The molecular formula is C25H27ClN4O2S. The SMILES string of the molecule is COc1cc(/C=C2\CC3(CC3)CN3C2=NOCC3C2CC=C(Cl)S2)ccc1-n1cnc(C)c1. The number of amidine groups is 1. The van der Waals surface area contributed by atoms with E-state index in [2.05, 4.69) is 45.4 Å². The summed E-state index contributed by atoms with van der Waals surface area (Å²) in [5.74, 6) is 1.80. The number of thioether (sulfide) groups is 1. The third kappa shape index (κ3) is 3.95. The van der Waals surface area contributed by atoms with Crippen LogP contribution in [-0.2, 0) is 4.84 Å². The van der Waals surface area contributed by atoms with Crippen LogP contribution >= 0.6 is 23.4 Å². The van der Waals surface area contributed by atoms with Gasteiger partial charge in [0.25, 0.3) is 0 Å². The van der Waals surface area contributed by atoms with Crippen LogP contribution in [-0.4, -0.2) is 51.8 Å². The minimum absolute atomic E-state index is 0.289. The van der Waals surface area contributed by atoms with Crippen molar-refractivity contribution in [3.05, 3.63) is 58.0 Å². The maximum Gasteiger partial charge on any atom is 0.171 e. The van der Waals surface area contributed by atoms with Gasteiger partial charge in [0.2, 0.25) is 0 Å². The molecule has 1 aliphatic carbocycles. The molecule has 2 aromatic rings. The second-order valence-electron chi connectivity index (χ2n) is 9.51. The number of hydrogen-bond acceptors (Lipinski definition) is 6. The Kier molecular flexibility index (Phi) is 5.22. The Morgan fingerprint density at radius 1 is 1.33 bits per heavy atom. The van der Waals surface area contributed by atoms with E-state index in [9.17, 15) is 0 Å². The molecule has 4 heterocycles. The maximum atomic E-state index is 6.30. The maximum absolute atomic E-state index is 6.30. The van der Waals surface area contributed by atoms with E-state index in [0.29, 0.717) is 17.3 Å². The standard InChI is InChI=1S/C25H27ClN4O2S/c1-16-12-29(15-27-16)19-4-3-17(10-21(19)31-2)9-18-11-25(7-8-25)14-30-20(13-32-28-24(18)30)22-5-6-23(26)33-22/h3-4,6,9-10,12,15,20,22H,5,7-8,11,13-14H2,1-2H3/b18-9+. The second kappa shape index (κ2) is 8.13. The first kappa shape index (κ1) is 21.2. The minimum atomic E-state index is 0.289. The van der Waals surface area contributed by atoms with Crippen LogP contribution in [0.25, 0.3) is 11.8 Å². The molecule has 3 aliphatic heterocycles. The Morgan fingerprint density at radius 2 is 2.21 bits per heavy atom. The molecule has 4 aliphatic rings. The molecule has 0 radical (unpaired) electrons. The van der Waals surface area contributed by atoms with Crippen molar-refractivity contribution in [1.29, 1.82) is 0 Å². The Balaban J connectivity index is 1.33. The largest absolute Gasteiger partial charge is 0.495 e. The van der Waals surface area contributed by atoms with Crippen LogP contribution in [0.2, 0.25) is 0 Å². The lowest BCUT2D eigenvalue weighted by Gasteiger charge is -2.45. The zero-order valence-electron chi connectivity index (χ0n) is 18.8. The quantitative estimate of drug-likeness (QED) is 0.587. The molecule has 0 bridgehead atoms. The minimum Gasteiger partial charge on any atom is -0.495 e. The van der Waals surface area contributed by atoms with E-state index >= 15 is 0 Å². The Morgan fingerprint density at radius 3 is 2.91 bits per heavy atom. The first-order chi connectivity index (χ1) is 16.0. The number of ether oxygens (including phenoxy) is 1. The third-order valence-electron chi connectivity index (χ3n) is 7.12. The lowest BCUT2D eigenvalue weighted by atomic mass is 9.87. The van der Waals surface area contributed by atoms with Gasteiger partial charge in [0.1, 0.15) is 12.4 Å². The fourth-order valence-corrected chi connectivity index (χ4v) is 6.67. The number of allylic oxidation sites excluding steroid dienone is 1. The average Bonchev–Trinajstić information content (AvgIpc) is 3.18. The van der Waals surface area contributed by atoms with Crippen molar-refractivity contribution in [3.63, 3.8) is 0 Å². The summed E-state index contributed by atoms with van der Waals surface area (Å²) in [6, 6.07) is 6.60. The van der Waals surface area contributed by atoms with Crippen LogP contribution in [0.15, 0.2) is 51.9 Å². The number of piperidine rings is 1. The number of fused-ring (bicyclic) bond motifs is 1. The van der Waals surface area contributed by atoms with Crippen molar-refractivity contribution in [2.45, 2.75) is 43.9 Å². The van der Waals surface area contributed by atoms with Crippen LogP contribution in [0.1, 0.15) is 36.9 Å². The molecule has 2 unspecified atom stereocenters. The molecule has 33 heavy (non-hydrogen) atoms. The Labute approximate surface area is 203 Å². The number of halogens is 1. The van der Waals surface area contributed by atoms with E-state index in [0.717, 1.165) is 52.3 Å². The molecule has 1 aromatic carbocycles. The van der Waals surface area contributed by atoms with Crippen LogP contribution in [0, 0.1) is 12.3 Å². The van der Waals surface area contributed by atoms with Gasteiger partial charge >= 0.3 is 0 Å². The number of hydrogen-bond donors (Lipinski definition) is 0. The molecule has 1 aromatic heterocycles. The third-order valence-corrected chi connectivity index (χ3v) is 8.75. The monoisotopic (exact) mass is 482 g/mol. The number of rotatable bonds is 4. The molecule has 172 valence electrons. The van der Waals surface area contributed by atoms with Gasteiger partial charge in [-0.2, -0.15) is 0 Å². The van der Waals surface area contributed by atoms with Crippen LogP contribution in [0.3, 0.4) is 0 Å². The number of oxime groups is 1. The number of imidazole rings is 1. The highest BCUT2D eigenvalue weighted by Gasteiger charge is 2.52. The molecule has 1 saturated heterocycles. The van der Waals surface area contributed by atoms with Gasteiger partial charge in [-0.15, -0.1) is 11.8 Å². The lowest BCUT2D eigenvalue weighted by molar-refractivity contribution is 0.0483. The first-order valence-corrected chi connectivity index (χ1v) is 12.7. The van der Waals surface area contributed by atoms with E-state index in [-0.39, 0.29) is 6.04 Å². The van der Waals surface area contributed by atoms with Crippen molar-refractivity contribution in [2.75, 3.05) is 20.3 Å². The second-order valence-corrected chi connectivity index (χ2v) is 11.4. The molecule has 2 fully saturated rings. The highest BCUT2D eigenvalue weighted by Crippen LogP contribution is 2.55. The summed E-state index contributed by atoms with van der Waals surface area (Å²) in [4.78, 5) is 12.6. The molecule has 1 saturated carbocycles. The van der Waals surface area contributed by atoms with Crippen molar-refractivity contribution in [2.24, 2.45) is 10.6 Å². The fourth-order valence-electron chi connectivity index (χ4n) is 5.18. The summed E-state index contributed by atoms with van der Waals surface area (Å²) in [7, 11) is 1.71. The summed E-state index contributed by atoms with van der Waals surface area (Å²) < 4.78 is 8.63. The molecule has 6 rings (SSSR count). The van der Waals surface area contributed by atoms with Crippen molar-refractivity contribution >= 4 is 35.3 Å². The van der Waals surface area contributed by atoms with Crippen LogP contribution in [0.4, 0.5) is 0 Å². The molecule has 6 nitrogen and oxygen atoms in total. The highest BCUT2D eigenvalue weighted by molar-refractivity contribution is 8.05. The predicted octanol–water partition coefficient (Wildman–Crippen LogP) is 5.36. The van der Waals surface area contributed by atoms with Gasteiger partial charge in [-0.05, 0) is 67.4 Å². The van der Waals surface area contributed by atoms with Crippen LogP contribution in [0.5, 0.6) is 5.75 Å². The first-order valence-electron chi connectivity index (χ1n) is 11.4. The van der Waals surface area contributed by atoms with Gasteiger partial charge < -0.3 is 19.0 Å². The summed E-state index contributed by atoms with van der Waals surface area (Å²) in [5, 5.41) is 4.96. The van der Waals surface area contributed by atoms with Gasteiger partial charge in [0.05, 0.1) is 35.2 Å². The van der Waals surface area contributed by atoms with Gasteiger partial charge in [0.15, 0.2) is 5.84 Å². The van der Waals surface area contributed by atoms with Crippen LogP contribution < -0.4 is 4.74 Å². The zero-order valence-corrected chi connectivity index (χ0v) is 20.4. The number of aryl methyl sites for hydroxylation is 1. The Bertz CT molecular complexity index is 1180.